The highest BCUT2D eigenvalue weighted by atomic mass is 35.5. The Labute approximate surface area is 105 Å². The summed E-state index contributed by atoms with van der Waals surface area (Å²) in [6.45, 7) is 5.34. The summed E-state index contributed by atoms with van der Waals surface area (Å²) in [6, 6.07) is 0.564. The van der Waals surface area contributed by atoms with Crippen LogP contribution >= 0.6 is 12.4 Å². The van der Waals surface area contributed by atoms with Gasteiger partial charge in [-0.25, -0.2) is 8.42 Å². The molecule has 1 saturated carbocycles. The van der Waals surface area contributed by atoms with Crippen molar-refractivity contribution in [3.8, 4) is 0 Å². The fraction of sp³-hybridized carbons (Fsp3) is 1.00. The van der Waals surface area contributed by atoms with E-state index in [-0.39, 0.29) is 23.7 Å². The topological polar surface area (TPSA) is 63.4 Å². The normalized spacial score (nSPS) is 17.3. The van der Waals surface area contributed by atoms with Gasteiger partial charge in [0.05, 0.1) is 5.75 Å². The molecule has 0 radical (unpaired) electrons. The van der Waals surface area contributed by atoms with Crippen molar-refractivity contribution >= 4 is 22.2 Å². The number of hydrogen-bond acceptors (Lipinski definition) is 4. The molecule has 0 saturated heterocycles. The molecule has 0 aromatic heterocycles. The van der Waals surface area contributed by atoms with Gasteiger partial charge in [0.15, 0.2) is 0 Å². The highest BCUT2D eigenvalue weighted by Gasteiger charge is 2.31. The van der Waals surface area contributed by atoms with Crippen molar-refractivity contribution in [1.29, 1.82) is 0 Å². The first kappa shape index (κ1) is 16.2. The average molecular weight is 271 g/mol. The van der Waals surface area contributed by atoms with Gasteiger partial charge < -0.3 is 5.73 Å². The van der Waals surface area contributed by atoms with Crippen molar-refractivity contribution in [3.63, 3.8) is 0 Å². The lowest BCUT2D eigenvalue weighted by Crippen LogP contribution is -2.47. The largest absolute Gasteiger partial charge is 0.324 e. The van der Waals surface area contributed by atoms with Crippen LogP contribution in [0.1, 0.15) is 26.7 Å². The lowest BCUT2D eigenvalue weighted by Gasteiger charge is -2.29. The van der Waals surface area contributed by atoms with Crippen LogP contribution in [0.15, 0.2) is 0 Å². The predicted molar refractivity (Wildman–Crippen MR) is 69.8 cm³/mol. The van der Waals surface area contributed by atoms with E-state index in [0.29, 0.717) is 12.6 Å². The van der Waals surface area contributed by atoms with Gasteiger partial charge in [0.1, 0.15) is 9.84 Å². The summed E-state index contributed by atoms with van der Waals surface area (Å²) in [6.07, 6.45) is 3.64. The molecule has 1 rings (SSSR count). The molecule has 0 heterocycles. The Kier molecular flexibility index (Phi) is 5.72. The summed E-state index contributed by atoms with van der Waals surface area (Å²) < 4.78 is 22.2. The van der Waals surface area contributed by atoms with E-state index in [9.17, 15) is 8.42 Å². The zero-order chi connectivity index (χ0) is 11.7. The summed E-state index contributed by atoms with van der Waals surface area (Å²) in [7, 11) is -2.86. The molecule has 1 aliphatic rings. The zero-order valence-electron chi connectivity index (χ0n) is 10.3. The van der Waals surface area contributed by atoms with Gasteiger partial charge >= 0.3 is 0 Å². The number of sulfone groups is 1. The quantitative estimate of drug-likeness (QED) is 0.770. The highest BCUT2D eigenvalue weighted by Crippen LogP contribution is 2.27. The summed E-state index contributed by atoms with van der Waals surface area (Å²) in [5, 5.41) is 0. The van der Waals surface area contributed by atoms with Crippen LogP contribution in [0.4, 0.5) is 0 Å². The number of halogens is 1. The van der Waals surface area contributed by atoms with Gasteiger partial charge in [0.2, 0.25) is 0 Å². The third-order valence-corrected chi connectivity index (χ3v) is 3.35. The van der Waals surface area contributed by atoms with E-state index < -0.39 is 9.84 Å². The molecule has 1 fully saturated rings. The molecule has 0 spiro atoms. The third kappa shape index (κ3) is 7.44. The molecule has 16 heavy (non-hydrogen) atoms. The predicted octanol–water partition coefficient (Wildman–Crippen LogP) is 0.655. The highest BCUT2D eigenvalue weighted by molar-refractivity contribution is 7.90. The second-order valence-corrected chi connectivity index (χ2v) is 7.58. The summed E-state index contributed by atoms with van der Waals surface area (Å²) in [4.78, 5) is 2.21. The van der Waals surface area contributed by atoms with Gasteiger partial charge in [-0.3, -0.25) is 4.90 Å². The fourth-order valence-electron chi connectivity index (χ4n) is 1.64. The van der Waals surface area contributed by atoms with Crippen molar-refractivity contribution in [2.45, 2.75) is 38.3 Å². The first-order chi connectivity index (χ1) is 6.67. The zero-order valence-corrected chi connectivity index (χ0v) is 11.9. The Morgan fingerprint density at radius 3 is 2.19 bits per heavy atom. The van der Waals surface area contributed by atoms with Crippen LogP contribution in [0.5, 0.6) is 0 Å². The Balaban J connectivity index is 0.00000225. The molecule has 0 unspecified atom stereocenters. The maximum absolute atomic E-state index is 11.1. The van der Waals surface area contributed by atoms with Crippen molar-refractivity contribution in [1.82, 2.24) is 4.90 Å². The van der Waals surface area contributed by atoms with E-state index in [0.717, 1.165) is 6.54 Å². The van der Waals surface area contributed by atoms with Crippen LogP contribution in [0, 0.1) is 0 Å². The van der Waals surface area contributed by atoms with E-state index in [1.165, 1.54) is 19.1 Å². The van der Waals surface area contributed by atoms with Gasteiger partial charge in [0.25, 0.3) is 0 Å². The van der Waals surface area contributed by atoms with E-state index in [1.807, 2.05) is 13.8 Å². The van der Waals surface area contributed by atoms with Crippen molar-refractivity contribution in [2.75, 3.05) is 25.1 Å². The number of rotatable bonds is 6. The second kappa shape index (κ2) is 5.67. The molecule has 0 aromatic carbocycles. The van der Waals surface area contributed by atoms with Gasteiger partial charge in [-0.2, -0.15) is 0 Å². The molecular formula is C10H23ClN2O2S. The lowest BCUT2D eigenvalue weighted by atomic mass is 10.1. The van der Waals surface area contributed by atoms with E-state index in [2.05, 4.69) is 4.90 Å². The minimum absolute atomic E-state index is 0. The van der Waals surface area contributed by atoms with E-state index >= 15 is 0 Å². The van der Waals surface area contributed by atoms with Crippen molar-refractivity contribution in [3.05, 3.63) is 0 Å². The Morgan fingerprint density at radius 1 is 1.38 bits per heavy atom. The van der Waals surface area contributed by atoms with Gasteiger partial charge in [-0.1, -0.05) is 0 Å². The van der Waals surface area contributed by atoms with Crippen LogP contribution in [0.25, 0.3) is 0 Å². The average Bonchev–Trinajstić information content (AvgIpc) is 2.75. The minimum Gasteiger partial charge on any atom is -0.324 e. The van der Waals surface area contributed by atoms with Crippen LogP contribution in [0.2, 0.25) is 0 Å². The maximum atomic E-state index is 11.1. The van der Waals surface area contributed by atoms with Crippen LogP contribution in [-0.2, 0) is 9.84 Å². The summed E-state index contributed by atoms with van der Waals surface area (Å²) in [5.74, 6) is 0.236. The number of hydrogen-bond donors (Lipinski definition) is 1. The SMILES string of the molecule is CC(C)(N)CN(CCS(C)(=O)=O)C1CC1.Cl. The maximum Gasteiger partial charge on any atom is 0.148 e. The lowest BCUT2D eigenvalue weighted by molar-refractivity contribution is 0.227. The van der Waals surface area contributed by atoms with Gasteiger partial charge in [0, 0.05) is 30.9 Å². The van der Waals surface area contributed by atoms with Gasteiger partial charge in [-0.05, 0) is 26.7 Å². The summed E-state index contributed by atoms with van der Waals surface area (Å²) in [5.41, 5.74) is 5.70. The molecule has 1 aliphatic carbocycles. The van der Waals surface area contributed by atoms with E-state index in [1.54, 1.807) is 0 Å². The molecule has 0 aliphatic heterocycles. The van der Waals surface area contributed by atoms with Crippen LogP contribution < -0.4 is 5.73 Å². The molecule has 0 amide bonds. The van der Waals surface area contributed by atoms with Crippen LogP contribution in [-0.4, -0.2) is 50.0 Å². The minimum atomic E-state index is -2.86. The van der Waals surface area contributed by atoms with E-state index in [4.69, 9.17) is 5.73 Å². The molecule has 0 atom stereocenters. The third-order valence-electron chi connectivity index (χ3n) is 2.42. The molecule has 4 nitrogen and oxygen atoms in total. The Hall–Kier alpha value is 0.160. The fourth-order valence-corrected chi connectivity index (χ4v) is 2.20. The molecule has 2 N–H and O–H groups in total. The molecular weight excluding hydrogens is 248 g/mol. The van der Waals surface area contributed by atoms with Crippen molar-refractivity contribution in [2.24, 2.45) is 5.73 Å². The number of nitrogens with two attached hydrogens (primary N) is 1. The molecule has 0 aromatic rings. The Morgan fingerprint density at radius 2 is 1.88 bits per heavy atom. The Bertz CT molecular complexity index is 307. The summed E-state index contributed by atoms with van der Waals surface area (Å²) >= 11 is 0. The smallest absolute Gasteiger partial charge is 0.148 e. The molecule has 0 bridgehead atoms. The van der Waals surface area contributed by atoms with Crippen LogP contribution in [0.3, 0.4) is 0 Å². The monoisotopic (exact) mass is 270 g/mol. The number of nitrogens with zero attached hydrogens (tertiary/aromatic N) is 1. The molecule has 98 valence electrons. The van der Waals surface area contributed by atoms with Gasteiger partial charge in [-0.15, -0.1) is 12.4 Å². The second-order valence-electron chi connectivity index (χ2n) is 5.32. The first-order valence-electron chi connectivity index (χ1n) is 5.38. The first-order valence-corrected chi connectivity index (χ1v) is 7.44. The molecule has 6 heteroatoms. The van der Waals surface area contributed by atoms with Crippen molar-refractivity contribution < 1.29 is 8.42 Å². The standard InChI is InChI=1S/C10H22N2O2S.ClH/c1-10(2,11)8-12(9-4-5-9)6-7-15(3,13)14;/h9H,4-8,11H2,1-3H3;1H.